The summed E-state index contributed by atoms with van der Waals surface area (Å²) in [6.07, 6.45) is 2.76. The zero-order valence-corrected chi connectivity index (χ0v) is 11.5. The molecule has 0 aliphatic carbocycles. The van der Waals surface area contributed by atoms with Gasteiger partial charge in [0, 0.05) is 18.4 Å². The summed E-state index contributed by atoms with van der Waals surface area (Å²) >= 11 is 3.53. The quantitative estimate of drug-likeness (QED) is 0.792. The van der Waals surface area contributed by atoms with Crippen LogP contribution in [0.5, 0.6) is 0 Å². The van der Waals surface area contributed by atoms with Gasteiger partial charge in [0.2, 0.25) is 0 Å². The van der Waals surface area contributed by atoms with Gasteiger partial charge in [0.15, 0.2) is 0 Å². The summed E-state index contributed by atoms with van der Waals surface area (Å²) < 4.78 is 14.3. The number of nitrogens with zero attached hydrogens (tertiary/aromatic N) is 2. The van der Waals surface area contributed by atoms with E-state index in [1.165, 1.54) is 11.6 Å². The van der Waals surface area contributed by atoms with Crippen LogP contribution < -0.4 is 4.90 Å². The molecule has 0 bridgehead atoms. The lowest BCUT2D eigenvalue weighted by molar-refractivity contribution is 0.628. The molecule has 0 unspecified atom stereocenters. The number of anilines is 2. The van der Waals surface area contributed by atoms with Crippen LogP contribution in [0.25, 0.3) is 0 Å². The molecule has 0 amide bonds. The van der Waals surface area contributed by atoms with E-state index in [4.69, 9.17) is 0 Å². The Balaban J connectivity index is 2.08. The van der Waals surface area contributed by atoms with Crippen molar-refractivity contribution in [2.24, 2.45) is 0 Å². The van der Waals surface area contributed by atoms with Crippen LogP contribution in [0.3, 0.4) is 0 Å². The van der Waals surface area contributed by atoms with Crippen molar-refractivity contribution in [3.8, 4) is 0 Å². The molecule has 3 rings (SSSR count). The van der Waals surface area contributed by atoms with Gasteiger partial charge in [-0.2, -0.15) is 0 Å². The first-order chi connectivity index (χ1) is 8.65. The van der Waals surface area contributed by atoms with Gasteiger partial charge in [-0.15, -0.1) is 0 Å². The molecule has 0 fully saturated rings. The zero-order chi connectivity index (χ0) is 12.7. The predicted octanol–water partition coefficient (Wildman–Crippen LogP) is 3.99. The van der Waals surface area contributed by atoms with Gasteiger partial charge in [-0.1, -0.05) is 6.07 Å². The molecule has 4 heteroatoms. The van der Waals surface area contributed by atoms with Crippen LogP contribution in [0.1, 0.15) is 11.1 Å². The van der Waals surface area contributed by atoms with Crippen molar-refractivity contribution in [2.75, 3.05) is 11.4 Å². The molecule has 0 saturated heterocycles. The van der Waals surface area contributed by atoms with Gasteiger partial charge in [-0.05, 0) is 58.6 Å². The van der Waals surface area contributed by atoms with E-state index in [-0.39, 0.29) is 5.82 Å². The molecule has 18 heavy (non-hydrogen) atoms. The zero-order valence-electron chi connectivity index (χ0n) is 9.95. The largest absolute Gasteiger partial charge is 0.325 e. The van der Waals surface area contributed by atoms with Crippen LogP contribution in [0, 0.1) is 12.7 Å². The first kappa shape index (κ1) is 11.7. The molecule has 1 aliphatic heterocycles. The molecule has 0 saturated carbocycles. The number of fused-ring (bicyclic) bond motifs is 1. The Hall–Kier alpha value is -1.42. The van der Waals surface area contributed by atoms with Gasteiger partial charge >= 0.3 is 0 Å². The minimum absolute atomic E-state index is 0.205. The minimum atomic E-state index is -0.205. The maximum Gasteiger partial charge on any atom is 0.147 e. The molecular formula is C14H12BrFN2. The fourth-order valence-corrected chi connectivity index (χ4v) is 2.97. The lowest BCUT2D eigenvalue weighted by Gasteiger charge is -2.19. The van der Waals surface area contributed by atoms with E-state index >= 15 is 0 Å². The molecule has 2 heterocycles. The second-order valence-corrected chi connectivity index (χ2v) is 5.35. The van der Waals surface area contributed by atoms with E-state index in [1.807, 2.05) is 25.3 Å². The molecule has 1 aliphatic rings. The monoisotopic (exact) mass is 306 g/mol. The van der Waals surface area contributed by atoms with Gasteiger partial charge in [0.25, 0.3) is 0 Å². The van der Waals surface area contributed by atoms with Crippen molar-refractivity contribution >= 4 is 27.4 Å². The molecule has 0 radical (unpaired) electrons. The fraction of sp³-hybridized carbons (Fsp3) is 0.214. The Morgan fingerprint density at radius 2 is 2.17 bits per heavy atom. The highest BCUT2D eigenvalue weighted by molar-refractivity contribution is 9.10. The van der Waals surface area contributed by atoms with Crippen LogP contribution in [-0.4, -0.2) is 11.5 Å². The number of pyridine rings is 1. The maximum absolute atomic E-state index is 13.4. The third-order valence-corrected chi connectivity index (χ3v) is 3.74. The normalized spacial score (nSPS) is 13.8. The van der Waals surface area contributed by atoms with Crippen LogP contribution in [-0.2, 0) is 6.42 Å². The number of aryl methyl sites for hydroxylation is 1. The van der Waals surface area contributed by atoms with E-state index in [1.54, 1.807) is 6.07 Å². The molecular weight excluding hydrogens is 295 g/mol. The Bertz CT molecular complexity index is 613. The number of rotatable bonds is 1. The topological polar surface area (TPSA) is 16.1 Å². The van der Waals surface area contributed by atoms with Crippen molar-refractivity contribution in [3.05, 3.63) is 51.9 Å². The summed E-state index contributed by atoms with van der Waals surface area (Å²) in [7, 11) is 0. The summed E-state index contributed by atoms with van der Waals surface area (Å²) in [5.41, 5.74) is 3.20. The smallest absolute Gasteiger partial charge is 0.147 e. The molecule has 92 valence electrons. The minimum Gasteiger partial charge on any atom is -0.325 e. The SMILES string of the molecule is Cc1cnc(N2CCc3ccc(F)cc32)c(Br)c1. The lowest BCUT2D eigenvalue weighted by Crippen LogP contribution is -2.15. The van der Waals surface area contributed by atoms with Gasteiger partial charge < -0.3 is 4.90 Å². The van der Waals surface area contributed by atoms with E-state index in [2.05, 4.69) is 25.8 Å². The lowest BCUT2D eigenvalue weighted by atomic mass is 10.2. The predicted molar refractivity (Wildman–Crippen MR) is 73.8 cm³/mol. The Labute approximate surface area is 114 Å². The average Bonchev–Trinajstić information content (AvgIpc) is 2.72. The Morgan fingerprint density at radius 3 is 2.94 bits per heavy atom. The molecule has 2 aromatic rings. The average molecular weight is 307 g/mol. The standard InChI is InChI=1S/C14H12BrFN2/c1-9-6-12(15)14(17-8-9)18-5-4-10-2-3-11(16)7-13(10)18/h2-3,6-8H,4-5H2,1H3. The second kappa shape index (κ2) is 4.35. The van der Waals surface area contributed by atoms with Gasteiger partial charge in [0.1, 0.15) is 11.6 Å². The van der Waals surface area contributed by atoms with Gasteiger partial charge in [-0.3, -0.25) is 0 Å². The molecule has 0 N–H and O–H groups in total. The summed E-state index contributed by atoms with van der Waals surface area (Å²) in [6.45, 7) is 2.84. The van der Waals surface area contributed by atoms with Crippen LogP contribution in [0.15, 0.2) is 34.9 Å². The number of hydrogen-bond acceptors (Lipinski definition) is 2. The summed E-state index contributed by atoms with van der Waals surface area (Å²) in [4.78, 5) is 6.50. The van der Waals surface area contributed by atoms with Crippen molar-refractivity contribution in [3.63, 3.8) is 0 Å². The third kappa shape index (κ3) is 1.90. The maximum atomic E-state index is 13.4. The molecule has 1 aromatic carbocycles. The summed E-state index contributed by atoms with van der Waals surface area (Å²) in [5, 5.41) is 0. The number of hydrogen-bond donors (Lipinski definition) is 0. The Morgan fingerprint density at radius 1 is 1.33 bits per heavy atom. The molecule has 2 nitrogen and oxygen atoms in total. The van der Waals surface area contributed by atoms with Crippen molar-refractivity contribution in [1.82, 2.24) is 4.98 Å². The van der Waals surface area contributed by atoms with E-state index in [9.17, 15) is 4.39 Å². The molecule has 0 atom stereocenters. The van der Waals surface area contributed by atoms with E-state index in [0.717, 1.165) is 34.5 Å². The molecule has 1 aromatic heterocycles. The number of aromatic nitrogens is 1. The van der Waals surface area contributed by atoms with Crippen molar-refractivity contribution in [1.29, 1.82) is 0 Å². The van der Waals surface area contributed by atoms with Crippen LogP contribution >= 0.6 is 15.9 Å². The first-order valence-corrected chi connectivity index (χ1v) is 6.62. The third-order valence-electron chi connectivity index (χ3n) is 3.16. The second-order valence-electron chi connectivity index (χ2n) is 4.49. The highest BCUT2D eigenvalue weighted by Crippen LogP contribution is 2.37. The van der Waals surface area contributed by atoms with E-state index in [0.29, 0.717) is 0 Å². The van der Waals surface area contributed by atoms with Gasteiger partial charge in [0.05, 0.1) is 4.47 Å². The Kier molecular flexibility index (Phi) is 2.82. The van der Waals surface area contributed by atoms with Crippen LogP contribution in [0.4, 0.5) is 15.9 Å². The van der Waals surface area contributed by atoms with Crippen molar-refractivity contribution in [2.45, 2.75) is 13.3 Å². The molecule has 0 spiro atoms. The summed E-state index contributed by atoms with van der Waals surface area (Å²) in [6, 6.07) is 6.97. The van der Waals surface area contributed by atoms with Crippen LogP contribution in [0.2, 0.25) is 0 Å². The van der Waals surface area contributed by atoms with E-state index < -0.39 is 0 Å². The van der Waals surface area contributed by atoms with Gasteiger partial charge in [-0.25, -0.2) is 9.37 Å². The fourth-order valence-electron chi connectivity index (χ4n) is 2.30. The summed E-state index contributed by atoms with van der Waals surface area (Å²) in [5.74, 6) is 0.647. The first-order valence-electron chi connectivity index (χ1n) is 5.83. The number of halogens is 2. The number of benzene rings is 1. The van der Waals surface area contributed by atoms with Crippen molar-refractivity contribution < 1.29 is 4.39 Å². The highest BCUT2D eigenvalue weighted by Gasteiger charge is 2.23. The highest BCUT2D eigenvalue weighted by atomic mass is 79.9.